The van der Waals surface area contributed by atoms with Crippen LogP contribution in [0.15, 0.2) is 17.1 Å². The van der Waals surface area contributed by atoms with Gasteiger partial charge in [0.1, 0.15) is 5.69 Å². The highest BCUT2D eigenvalue weighted by Gasteiger charge is 2.11. The van der Waals surface area contributed by atoms with Crippen LogP contribution in [0.5, 0.6) is 0 Å². The Bertz CT molecular complexity index is 371. The Balaban J connectivity index is 2.51. The molecule has 1 N–H and O–H groups in total. The molecule has 4 nitrogen and oxygen atoms in total. The minimum Gasteiger partial charge on any atom is -0.477 e. The lowest BCUT2D eigenvalue weighted by Gasteiger charge is -1.96. The number of aliphatic imine (C=N–C) groups is 1. The van der Waals surface area contributed by atoms with Crippen molar-refractivity contribution in [1.82, 2.24) is 4.98 Å². The third-order valence-electron chi connectivity index (χ3n) is 1.71. The standard InChI is InChI=1S/C8H6N2O2/c11-8(12)6-2-1-5-3-9-4-7(5)10-6/h1-2,4H,3H2,(H,11,12). The summed E-state index contributed by atoms with van der Waals surface area (Å²) in [6.07, 6.45) is 1.60. The number of rotatable bonds is 1. The fourth-order valence-corrected chi connectivity index (χ4v) is 1.10. The molecule has 0 spiro atoms. The summed E-state index contributed by atoms with van der Waals surface area (Å²) in [6, 6.07) is 3.24. The molecule has 0 saturated carbocycles. The SMILES string of the molecule is O=C(O)c1ccc2c(n1)C=NC2. The smallest absolute Gasteiger partial charge is 0.354 e. The minimum absolute atomic E-state index is 0.0714. The summed E-state index contributed by atoms with van der Waals surface area (Å²) in [7, 11) is 0. The van der Waals surface area contributed by atoms with Crippen LogP contribution in [0.3, 0.4) is 0 Å². The number of carboxylic acid groups (broad SMARTS) is 1. The van der Waals surface area contributed by atoms with Gasteiger partial charge < -0.3 is 5.11 Å². The average Bonchev–Trinajstić information content (AvgIpc) is 2.49. The second-order valence-electron chi connectivity index (χ2n) is 2.52. The number of aromatic nitrogens is 1. The van der Waals surface area contributed by atoms with Gasteiger partial charge in [0.25, 0.3) is 0 Å². The Morgan fingerprint density at radius 3 is 3.08 bits per heavy atom. The quantitative estimate of drug-likeness (QED) is 0.661. The van der Waals surface area contributed by atoms with Crippen LogP contribution in [0.25, 0.3) is 0 Å². The molecule has 0 atom stereocenters. The first-order chi connectivity index (χ1) is 5.77. The molecule has 0 amide bonds. The van der Waals surface area contributed by atoms with Gasteiger partial charge in [-0.1, -0.05) is 6.07 Å². The fraction of sp³-hybridized carbons (Fsp3) is 0.125. The van der Waals surface area contributed by atoms with E-state index in [4.69, 9.17) is 5.11 Å². The lowest BCUT2D eigenvalue weighted by molar-refractivity contribution is 0.0690. The molecule has 0 unspecified atom stereocenters. The van der Waals surface area contributed by atoms with Crippen molar-refractivity contribution >= 4 is 12.2 Å². The fourth-order valence-electron chi connectivity index (χ4n) is 1.10. The molecular formula is C8H6N2O2. The molecule has 2 rings (SSSR count). The van der Waals surface area contributed by atoms with E-state index in [0.29, 0.717) is 12.2 Å². The molecular weight excluding hydrogens is 156 g/mol. The van der Waals surface area contributed by atoms with Crippen molar-refractivity contribution in [3.63, 3.8) is 0 Å². The molecule has 2 heterocycles. The van der Waals surface area contributed by atoms with Gasteiger partial charge in [0, 0.05) is 11.8 Å². The van der Waals surface area contributed by atoms with Crippen LogP contribution in [0, 0.1) is 0 Å². The third-order valence-corrected chi connectivity index (χ3v) is 1.71. The molecule has 0 radical (unpaired) electrons. The van der Waals surface area contributed by atoms with Gasteiger partial charge in [-0.15, -0.1) is 0 Å². The van der Waals surface area contributed by atoms with Gasteiger partial charge in [-0.05, 0) is 6.07 Å². The maximum atomic E-state index is 10.5. The van der Waals surface area contributed by atoms with E-state index in [-0.39, 0.29) is 5.69 Å². The van der Waals surface area contributed by atoms with Crippen molar-refractivity contribution < 1.29 is 9.90 Å². The number of carbonyl (C=O) groups is 1. The van der Waals surface area contributed by atoms with E-state index in [1.165, 1.54) is 6.07 Å². The summed E-state index contributed by atoms with van der Waals surface area (Å²) in [5.41, 5.74) is 1.73. The number of aromatic carboxylic acids is 1. The number of pyridine rings is 1. The molecule has 4 heteroatoms. The van der Waals surface area contributed by atoms with Gasteiger partial charge in [-0.25, -0.2) is 9.78 Å². The average molecular weight is 162 g/mol. The number of hydrogen-bond donors (Lipinski definition) is 1. The Morgan fingerprint density at radius 1 is 1.50 bits per heavy atom. The normalized spacial score (nSPS) is 13.0. The van der Waals surface area contributed by atoms with Crippen LogP contribution in [0.2, 0.25) is 0 Å². The molecule has 1 aromatic rings. The lowest BCUT2D eigenvalue weighted by Crippen LogP contribution is -2.02. The van der Waals surface area contributed by atoms with Crippen molar-refractivity contribution in [3.05, 3.63) is 29.1 Å². The lowest BCUT2D eigenvalue weighted by atomic mass is 10.2. The van der Waals surface area contributed by atoms with E-state index in [1.54, 1.807) is 12.3 Å². The van der Waals surface area contributed by atoms with Gasteiger partial charge in [0.05, 0.1) is 12.2 Å². The Kier molecular flexibility index (Phi) is 1.40. The first kappa shape index (κ1) is 6.97. The highest BCUT2D eigenvalue weighted by Crippen LogP contribution is 2.12. The second-order valence-corrected chi connectivity index (χ2v) is 2.52. The van der Waals surface area contributed by atoms with Crippen LogP contribution in [0.1, 0.15) is 21.7 Å². The van der Waals surface area contributed by atoms with E-state index in [0.717, 1.165) is 5.56 Å². The van der Waals surface area contributed by atoms with Crippen LogP contribution in [-0.2, 0) is 6.54 Å². The number of nitrogens with zero attached hydrogens (tertiary/aromatic N) is 2. The summed E-state index contributed by atoms with van der Waals surface area (Å²) in [5.74, 6) is -1.00. The van der Waals surface area contributed by atoms with E-state index in [9.17, 15) is 4.79 Å². The third kappa shape index (κ3) is 0.972. The summed E-state index contributed by atoms with van der Waals surface area (Å²) >= 11 is 0. The molecule has 0 bridgehead atoms. The molecule has 0 aliphatic carbocycles. The molecule has 1 aliphatic rings. The van der Waals surface area contributed by atoms with Gasteiger partial charge >= 0.3 is 5.97 Å². The number of hydrogen-bond acceptors (Lipinski definition) is 3. The van der Waals surface area contributed by atoms with Crippen molar-refractivity contribution in [2.75, 3.05) is 0 Å². The number of fused-ring (bicyclic) bond motifs is 1. The predicted octanol–water partition coefficient (Wildman–Crippen LogP) is 0.712. The molecule has 0 saturated heterocycles. The summed E-state index contributed by atoms with van der Waals surface area (Å²) in [6.45, 7) is 0.613. The van der Waals surface area contributed by atoms with Gasteiger partial charge in [0.2, 0.25) is 0 Å². The summed E-state index contributed by atoms with van der Waals surface area (Å²) < 4.78 is 0. The largest absolute Gasteiger partial charge is 0.477 e. The van der Waals surface area contributed by atoms with Gasteiger partial charge in [-0.2, -0.15) is 0 Å². The van der Waals surface area contributed by atoms with E-state index in [1.807, 2.05) is 0 Å². The van der Waals surface area contributed by atoms with Gasteiger partial charge in [-0.3, -0.25) is 4.99 Å². The van der Waals surface area contributed by atoms with Crippen molar-refractivity contribution in [1.29, 1.82) is 0 Å². The Hall–Kier alpha value is -1.71. The maximum Gasteiger partial charge on any atom is 0.354 e. The summed E-state index contributed by atoms with van der Waals surface area (Å²) in [5, 5.41) is 8.61. The Morgan fingerprint density at radius 2 is 2.33 bits per heavy atom. The van der Waals surface area contributed by atoms with E-state index < -0.39 is 5.97 Å². The highest BCUT2D eigenvalue weighted by atomic mass is 16.4. The Labute approximate surface area is 68.6 Å². The minimum atomic E-state index is -1.00. The van der Waals surface area contributed by atoms with Crippen LogP contribution < -0.4 is 0 Å². The number of carboxylic acids is 1. The molecule has 0 fully saturated rings. The van der Waals surface area contributed by atoms with Gasteiger partial charge in [0.15, 0.2) is 0 Å². The van der Waals surface area contributed by atoms with Crippen molar-refractivity contribution in [2.45, 2.75) is 6.54 Å². The van der Waals surface area contributed by atoms with Crippen molar-refractivity contribution in [3.8, 4) is 0 Å². The zero-order valence-corrected chi connectivity index (χ0v) is 6.19. The maximum absolute atomic E-state index is 10.5. The molecule has 1 aliphatic heterocycles. The van der Waals surface area contributed by atoms with Crippen LogP contribution in [0.4, 0.5) is 0 Å². The predicted molar refractivity (Wildman–Crippen MR) is 42.5 cm³/mol. The molecule has 60 valence electrons. The van der Waals surface area contributed by atoms with Crippen molar-refractivity contribution in [2.24, 2.45) is 4.99 Å². The zero-order chi connectivity index (χ0) is 8.55. The summed E-state index contributed by atoms with van der Waals surface area (Å²) in [4.78, 5) is 18.4. The first-order valence-electron chi connectivity index (χ1n) is 3.50. The van der Waals surface area contributed by atoms with E-state index >= 15 is 0 Å². The topological polar surface area (TPSA) is 62.5 Å². The second kappa shape index (κ2) is 2.41. The molecule has 0 aromatic carbocycles. The highest BCUT2D eigenvalue weighted by molar-refractivity contribution is 5.88. The van der Waals surface area contributed by atoms with Crippen LogP contribution >= 0.6 is 0 Å². The molecule has 1 aromatic heterocycles. The molecule has 12 heavy (non-hydrogen) atoms. The zero-order valence-electron chi connectivity index (χ0n) is 6.19. The van der Waals surface area contributed by atoms with Crippen LogP contribution in [-0.4, -0.2) is 22.3 Å². The monoisotopic (exact) mass is 162 g/mol. The van der Waals surface area contributed by atoms with E-state index in [2.05, 4.69) is 9.98 Å². The first-order valence-corrected chi connectivity index (χ1v) is 3.50.